The molecule has 0 spiro atoms. The number of ether oxygens (including phenoxy) is 8. The van der Waals surface area contributed by atoms with Gasteiger partial charge in [0.1, 0.15) is 63.7 Å². The van der Waals surface area contributed by atoms with E-state index < -0.39 is 117 Å². The summed E-state index contributed by atoms with van der Waals surface area (Å²) in [7, 11) is 0. The second-order valence-corrected chi connectivity index (χ2v) is 9.57. The summed E-state index contributed by atoms with van der Waals surface area (Å²) in [6, 6.07) is 0. The summed E-state index contributed by atoms with van der Waals surface area (Å²) in [6.07, 6.45) is 3.58. The van der Waals surface area contributed by atoms with Crippen LogP contribution in [-0.2, 0) is 76.3 Å². The third-order valence-corrected chi connectivity index (χ3v) is 5.55. The van der Waals surface area contributed by atoms with Crippen molar-refractivity contribution in [1.82, 2.24) is 0 Å². The normalized spacial score (nSPS) is 10.9. The molecule has 0 aromatic carbocycles. The monoisotopic (exact) mass is 688 g/mol. The van der Waals surface area contributed by atoms with E-state index in [1.807, 2.05) is 0 Å². The summed E-state index contributed by atoms with van der Waals surface area (Å²) < 4.78 is 68.5. The van der Waals surface area contributed by atoms with E-state index in [2.05, 4.69) is 42.4 Å². The summed E-state index contributed by atoms with van der Waals surface area (Å²) in [5, 5.41) is 0. The minimum atomic E-state index is -5.07. The molecule has 0 saturated heterocycles. The molecule has 0 radical (unpaired) electrons. The van der Waals surface area contributed by atoms with Gasteiger partial charge in [0.15, 0.2) is 0 Å². The number of rotatable bonds is 23. The van der Waals surface area contributed by atoms with Crippen LogP contribution in [0, 0.1) is 10.8 Å². The fourth-order valence-corrected chi connectivity index (χ4v) is 2.87. The van der Waals surface area contributed by atoms with Gasteiger partial charge in [-0.25, -0.2) is 33.6 Å². The fraction of sp³-hybridized carbons (Fsp3) is 0.400. The van der Waals surface area contributed by atoms with Gasteiger partial charge in [-0.05, 0) is 0 Å². The van der Waals surface area contributed by atoms with E-state index in [-0.39, 0.29) is 0 Å². The molecule has 0 aliphatic rings. The summed E-state index contributed by atoms with van der Waals surface area (Å²) in [5.41, 5.74) is -4.00. The Balaban J connectivity index is 6.22. The van der Waals surface area contributed by atoms with Crippen LogP contribution in [0.25, 0.3) is 0 Å². The summed E-state index contributed by atoms with van der Waals surface area (Å²) in [4.78, 5) is 94.9. The molecule has 0 fully saturated rings. The van der Waals surface area contributed by atoms with Gasteiger partial charge in [-0.3, -0.25) is 4.79 Å². The van der Waals surface area contributed by atoms with Crippen LogP contribution in [0.15, 0.2) is 63.3 Å². The lowest BCUT2D eigenvalue weighted by Crippen LogP contribution is -2.48. The lowest BCUT2D eigenvalue weighted by molar-refractivity contribution is -0.199. The Bertz CT molecular complexity index is 1200. The Morgan fingerprint density at radius 2 is 0.646 bits per heavy atom. The summed E-state index contributed by atoms with van der Waals surface area (Å²) >= 11 is 0. The number of hydrogen-bond acceptors (Lipinski definition) is 16. The Morgan fingerprint density at radius 1 is 0.438 bits per heavy atom. The van der Waals surface area contributed by atoms with Crippen molar-refractivity contribution in [2.75, 3.05) is 52.9 Å². The maximum atomic E-state index is 15.0. The van der Waals surface area contributed by atoms with Crippen LogP contribution in [-0.4, -0.2) is 107 Å². The van der Waals surface area contributed by atoms with Crippen molar-refractivity contribution in [3.8, 4) is 0 Å². The topological polar surface area (TPSA) is 210 Å². The highest BCUT2D eigenvalue weighted by Crippen LogP contribution is 2.27. The zero-order chi connectivity index (χ0) is 37.0. The maximum Gasteiger partial charge on any atom is 0.437 e. The van der Waals surface area contributed by atoms with Gasteiger partial charge in [0, 0.05) is 37.3 Å². The third kappa shape index (κ3) is 15.1. The van der Waals surface area contributed by atoms with Crippen LogP contribution in [0.1, 0.15) is 6.92 Å². The number of alkyl halides is 2. The zero-order valence-electron chi connectivity index (χ0n) is 25.9. The zero-order valence-corrected chi connectivity index (χ0v) is 25.9. The average molecular weight is 689 g/mol. The van der Waals surface area contributed by atoms with Gasteiger partial charge in [0.05, 0.1) is 0 Å². The Morgan fingerprint density at radius 3 is 0.854 bits per heavy atom. The number of halogens is 2. The second kappa shape index (κ2) is 20.4. The first-order chi connectivity index (χ1) is 22.4. The molecule has 0 rings (SSSR count). The molecule has 18 heteroatoms. The number of carbonyl (C=O) groups excluding carboxylic acids is 8. The molecule has 0 atom stereocenters. The van der Waals surface area contributed by atoms with E-state index in [0.717, 1.165) is 19.1 Å². The van der Waals surface area contributed by atoms with E-state index in [1.54, 1.807) is 0 Å². The Hall–Kier alpha value is -5.68. The predicted octanol–water partition coefficient (Wildman–Crippen LogP) is 0.890. The van der Waals surface area contributed by atoms with E-state index in [0.29, 0.717) is 18.2 Å². The lowest BCUT2D eigenvalue weighted by Gasteiger charge is -2.32. The van der Waals surface area contributed by atoms with Crippen molar-refractivity contribution in [3.05, 3.63) is 63.3 Å². The number of esters is 8. The first-order valence-electron chi connectivity index (χ1n) is 13.3. The smallest absolute Gasteiger partial charge is 0.437 e. The molecular formula is C30H34F2O16. The molecule has 0 amide bonds. The highest BCUT2D eigenvalue weighted by atomic mass is 19.3. The molecule has 264 valence electrons. The Kier molecular flexibility index (Phi) is 18.0. The van der Waals surface area contributed by atoms with Crippen LogP contribution < -0.4 is 0 Å². The second-order valence-electron chi connectivity index (χ2n) is 9.57. The minimum absolute atomic E-state index is 0.713. The van der Waals surface area contributed by atoms with Gasteiger partial charge in [-0.2, -0.15) is 8.78 Å². The van der Waals surface area contributed by atoms with Crippen LogP contribution in [0.4, 0.5) is 8.78 Å². The standard InChI is InChI=1S/C30H34F2O16/c1-7-21(34)42-13-28(12-41-20(6)33,14-43-22(35)8-2)18-47-26(39)30(31,32)27(40)48-19-29(15-44-23(36)9-3,16-45-24(37)10-4)17-46-25(38)11-5/h7-11H,1-5,12-19H2,6H3. The van der Waals surface area contributed by atoms with Crippen LogP contribution in [0.2, 0.25) is 0 Å². The van der Waals surface area contributed by atoms with Crippen molar-refractivity contribution >= 4 is 47.8 Å². The summed E-state index contributed by atoms with van der Waals surface area (Å²) in [6.45, 7) is 9.39. The lowest BCUT2D eigenvalue weighted by atomic mass is 9.92. The van der Waals surface area contributed by atoms with Crippen molar-refractivity contribution < 1.29 is 85.0 Å². The number of carbonyl (C=O) groups is 8. The fourth-order valence-electron chi connectivity index (χ4n) is 2.87. The number of hydrogen-bond donors (Lipinski definition) is 0. The van der Waals surface area contributed by atoms with Crippen molar-refractivity contribution in [3.63, 3.8) is 0 Å². The molecule has 0 saturated carbocycles. The molecule has 48 heavy (non-hydrogen) atoms. The van der Waals surface area contributed by atoms with Crippen LogP contribution >= 0.6 is 0 Å². The van der Waals surface area contributed by atoms with E-state index >= 15 is 0 Å². The largest absolute Gasteiger partial charge is 0.465 e. The highest BCUT2D eigenvalue weighted by Gasteiger charge is 2.53. The third-order valence-electron chi connectivity index (χ3n) is 5.55. The molecule has 0 heterocycles. The van der Waals surface area contributed by atoms with Crippen LogP contribution in [0.3, 0.4) is 0 Å². The molecule has 0 aliphatic carbocycles. The average Bonchev–Trinajstić information content (AvgIpc) is 3.08. The van der Waals surface area contributed by atoms with Crippen LogP contribution in [0.5, 0.6) is 0 Å². The van der Waals surface area contributed by atoms with Crippen molar-refractivity contribution in [1.29, 1.82) is 0 Å². The van der Waals surface area contributed by atoms with Crippen molar-refractivity contribution in [2.24, 2.45) is 10.8 Å². The predicted molar refractivity (Wildman–Crippen MR) is 154 cm³/mol. The minimum Gasteiger partial charge on any atom is -0.465 e. The van der Waals surface area contributed by atoms with Crippen molar-refractivity contribution in [2.45, 2.75) is 12.8 Å². The maximum absolute atomic E-state index is 15.0. The molecule has 0 aromatic rings. The van der Waals surface area contributed by atoms with Gasteiger partial charge in [0.2, 0.25) is 0 Å². The van der Waals surface area contributed by atoms with Gasteiger partial charge >= 0.3 is 53.7 Å². The SMILES string of the molecule is C=CC(=O)OCC(COC(C)=O)(COC(=O)C=C)COC(=O)C(F)(F)C(=O)OCC(COC(=O)C=C)(COC(=O)C=C)COC(=O)C=C. The van der Waals surface area contributed by atoms with Gasteiger partial charge in [0.25, 0.3) is 0 Å². The van der Waals surface area contributed by atoms with E-state index in [9.17, 15) is 47.1 Å². The molecule has 0 aromatic heterocycles. The summed E-state index contributed by atoms with van der Waals surface area (Å²) in [5.74, 6) is -16.3. The quantitative estimate of drug-likeness (QED) is 0.0631. The molecule has 16 nitrogen and oxygen atoms in total. The first-order valence-corrected chi connectivity index (χ1v) is 13.3. The van der Waals surface area contributed by atoms with Gasteiger partial charge < -0.3 is 37.9 Å². The van der Waals surface area contributed by atoms with E-state index in [1.165, 1.54) is 0 Å². The first kappa shape index (κ1) is 42.3. The Labute approximate surface area is 272 Å². The molecule has 0 unspecified atom stereocenters. The molecule has 0 N–H and O–H groups in total. The molecule has 0 aliphatic heterocycles. The molecule has 0 bridgehead atoms. The van der Waals surface area contributed by atoms with Gasteiger partial charge in [-0.1, -0.05) is 32.9 Å². The highest BCUT2D eigenvalue weighted by molar-refractivity contribution is 6.01. The van der Waals surface area contributed by atoms with E-state index in [4.69, 9.17) is 28.4 Å². The van der Waals surface area contributed by atoms with Gasteiger partial charge in [-0.15, -0.1) is 0 Å². The molecular weight excluding hydrogens is 654 g/mol.